The number of ketones is 1. The minimum Gasteiger partial charge on any atom is -0.507 e. The monoisotopic (exact) mass is 455 g/mol. The molecule has 1 atom stereocenters. The summed E-state index contributed by atoms with van der Waals surface area (Å²) in [5.74, 6) is -1.97. The van der Waals surface area contributed by atoms with Crippen LogP contribution in [-0.2, 0) is 16.0 Å². The maximum atomic E-state index is 13.6. The molecule has 6 nitrogen and oxygen atoms in total. The van der Waals surface area contributed by atoms with Crippen molar-refractivity contribution in [1.82, 2.24) is 14.9 Å². The van der Waals surface area contributed by atoms with Gasteiger partial charge in [-0.15, -0.1) is 0 Å². The molecule has 0 spiro atoms. The van der Waals surface area contributed by atoms with Gasteiger partial charge in [-0.1, -0.05) is 29.8 Å². The Labute approximate surface area is 195 Å². The molecule has 0 saturated carbocycles. The number of benzene rings is 2. The molecule has 1 fully saturated rings. The van der Waals surface area contributed by atoms with Crippen LogP contribution in [-0.4, -0.2) is 38.2 Å². The van der Waals surface area contributed by atoms with Crippen LogP contribution in [0.2, 0.25) is 0 Å². The average molecular weight is 455 g/mol. The molecule has 1 saturated heterocycles. The standard InChI is InChI=1S/C27H22FN3O3/c1-16-4-6-17(7-5-16)24-23(25(32)19-3-2-11-29-14-19)26(33)27(34)31(24)12-10-18-15-30-22-13-20(28)8-9-21(18)22/h2-9,11,13-15,24,30,32H,10,12H2,1H3/b25-23+. The molecule has 1 aliphatic rings. The third kappa shape index (κ3) is 3.75. The Morgan fingerprint density at radius 3 is 2.68 bits per heavy atom. The first-order valence-corrected chi connectivity index (χ1v) is 10.9. The fourth-order valence-electron chi connectivity index (χ4n) is 4.47. The second-order valence-electron chi connectivity index (χ2n) is 8.40. The predicted molar refractivity (Wildman–Crippen MR) is 126 cm³/mol. The van der Waals surface area contributed by atoms with Crippen molar-refractivity contribution in [3.05, 3.63) is 107 Å². The van der Waals surface area contributed by atoms with Gasteiger partial charge in [0.05, 0.1) is 11.6 Å². The number of rotatable bonds is 5. The van der Waals surface area contributed by atoms with E-state index in [2.05, 4.69) is 9.97 Å². The number of aromatic amines is 1. The molecule has 0 bridgehead atoms. The molecule has 34 heavy (non-hydrogen) atoms. The summed E-state index contributed by atoms with van der Waals surface area (Å²) >= 11 is 0. The van der Waals surface area contributed by atoms with Gasteiger partial charge in [0.25, 0.3) is 11.7 Å². The molecule has 2 aromatic carbocycles. The minimum atomic E-state index is -0.733. The minimum absolute atomic E-state index is 0.0443. The highest BCUT2D eigenvalue weighted by atomic mass is 19.1. The van der Waals surface area contributed by atoms with E-state index < -0.39 is 17.7 Å². The normalized spacial score (nSPS) is 17.6. The van der Waals surface area contributed by atoms with Crippen molar-refractivity contribution in [3.63, 3.8) is 0 Å². The number of nitrogens with zero attached hydrogens (tertiary/aromatic N) is 2. The maximum Gasteiger partial charge on any atom is 0.295 e. The Balaban J connectivity index is 1.55. The molecule has 170 valence electrons. The van der Waals surface area contributed by atoms with Crippen LogP contribution >= 0.6 is 0 Å². The lowest BCUT2D eigenvalue weighted by atomic mass is 9.95. The van der Waals surface area contributed by atoms with Gasteiger partial charge in [0.2, 0.25) is 0 Å². The summed E-state index contributed by atoms with van der Waals surface area (Å²) < 4.78 is 13.6. The molecule has 5 rings (SSSR count). The van der Waals surface area contributed by atoms with E-state index >= 15 is 0 Å². The van der Waals surface area contributed by atoms with Gasteiger partial charge < -0.3 is 15.0 Å². The lowest BCUT2D eigenvalue weighted by Crippen LogP contribution is -2.31. The van der Waals surface area contributed by atoms with Crippen molar-refractivity contribution in [1.29, 1.82) is 0 Å². The Bertz CT molecular complexity index is 1420. The number of likely N-dealkylation sites (tertiary alicyclic amines) is 1. The molecule has 7 heteroatoms. The van der Waals surface area contributed by atoms with Crippen LogP contribution in [0.5, 0.6) is 0 Å². The first-order chi connectivity index (χ1) is 16.4. The molecule has 1 unspecified atom stereocenters. The number of pyridine rings is 1. The second-order valence-corrected chi connectivity index (χ2v) is 8.40. The fraction of sp³-hybridized carbons (Fsp3) is 0.148. The second kappa shape index (κ2) is 8.59. The fourth-order valence-corrected chi connectivity index (χ4v) is 4.47. The number of H-pyrrole nitrogens is 1. The van der Waals surface area contributed by atoms with Crippen molar-refractivity contribution < 1.29 is 19.1 Å². The SMILES string of the molecule is Cc1ccc(C2/C(=C(\O)c3cccnc3)C(=O)C(=O)N2CCc2c[nH]c3cc(F)ccc23)cc1. The van der Waals surface area contributed by atoms with Crippen LogP contribution in [0.3, 0.4) is 0 Å². The first kappa shape index (κ1) is 21.6. The number of aryl methyl sites for hydroxylation is 1. The highest BCUT2D eigenvalue weighted by molar-refractivity contribution is 6.46. The van der Waals surface area contributed by atoms with E-state index in [1.807, 2.05) is 31.2 Å². The molecule has 4 aromatic rings. The van der Waals surface area contributed by atoms with Crippen LogP contribution < -0.4 is 0 Å². The Hall–Kier alpha value is -4.26. The van der Waals surface area contributed by atoms with Crippen molar-refractivity contribution >= 4 is 28.4 Å². The average Bonchev–Trinajstić information content (AvgIpc) is 3.36. The molecule has 2 N–H and O–H groups in total. The Kier molecular flexibility index (Phi) is 5.45. The summed E-state index contributed by atoms with van der Waals surface area (Å²) in [6, 6.07) is 14.6. The summed E-state index contributed by atoms with van der Waals surface area (Å²) in [6.45, 7) is 2.20. The summed E-state index contributed by atoms with van der Waals surface area (Å²) in [4.78, 5) is 34.8. The van der Waals surface area contributed by atoms with Gasteiger partial charge in [-0.2, -0.15) is 0 Å². The number of hydrogen-bond acceptors (Lipinski definition) is 4. The maximum absolute atomic E-state index is 13.6. The summed E-state index contributed by atoms with van der Waals surface area (Å²) in [5.41, 5.74) is 3.77. The zero-order chi connectivity index (χ0) is 23.8. The summed E-state index contributed by atoms with van der Waals surface area (Å²) in [6.07, 6.45) is 5.27. The predicted octanol–water partition coefficient (Wildman–Crippen LogP) is 4.67. The van der Waals surface area contributed by atoms with Gasteiger partial charge in [-0.05, 0) is 54.8 Å². The topological polar surface area (TPSA) is 86.3 Å². The molecule has 1 aliphatic heterocycles. The van der Waals surface area contributed by atoms with E-state index in [1.165, 1.54) is 23.2 Å². The number of fused-ring (bicyclic) bond motifs is 1. The zero-order valence-electron chi connectivity index (χ0n) is 18.5. The number of hydrogen-bond donors (Lipinski definition) is 2. The van der Waals surface area contributed by atoms with Crippen molar-refractivity contribution in [3.8, 4) is 0 Å². The quantitative estimate of drug-likeness (QED) is 0.260. The Morgan fingerprint density at radius 2 is 1.94 bits per heavy atom. The lowest BCUT2D eigenvalue weighted by Gasteiger charge is -2.25. The van der Waals surface area contributed by atoms with Gasteiger partial charge >= 0.3 is 0 Å². The van der Waals surface area contributed by atoms with E-state index in [1.54, 1.807) is 30.6 Å². The van der Waals surface area contributed by atoms with Crippen molar-refractivity contribution in [2.75, 3.05) is 6.54 Å². The molecular formula is C27H22FN3O3. The van der Waals surface area contributed by atoms with Gasteiger partial charge in [0.1, 0.15) is 11.6 Å². The van der Waals surface area contributed by atoms with E-state index in [0.717, 1.165) is 22.1 Å². The van der Waals surface area contributed by atoms with Crippen LogP contribution in [0.25, 0.3) is 16.7 Å². The summed E-state index contributed by atoms with van der Waals surface area (Å²) in [7, 11) is 0. The van der Waals surface area contributed by atoms with Gasteiger partial charge in [0, 0.05) is 41.6 Å². The number of amides is 1. The van der Waals surface area contributed by atoms with E-state index in [4.69, 9.17) is 0 Å². The van der Waals surface area contributed by atoms with Gasteiger partial charge in [-0.25, -0.2) is 4.39 Å². The lowest BCUT2D eigenvalue weighted by molar-refractivity contribution is -0.139. The number of nitrogens with one attached hydrogen (secondary N) is 1. The third-order valence-corrected chi connectivity index (χ3v) is 6.22. The molecule has 0 radical (unpaired) electrons. The summed E-state index contributed by atoms with van der Waals surface area (Å²) in [5, 5.41) is 11.9. The smallest absolute Gasteiger partial charge is 0.295 e. The number of carbonyl (C=O) groups is 2. The largest absolute Gasteiger partial charge is 0.507 e. The van der Waals surface area contributed by atoms with Crippen molar-refractivity contribution in [2.24, 2.45) is 0 Å². The number of aliphatic hydroxyl groups is 1. The Morgan fingerprint density at radius 1 is 1.15 bits per heavy atom. The third-order valence-electron chi connectivity index (χ3n) is 6.22. The number of aromatic nitrogens is 2. The zero-order valence-corrected chi connectivity index (χ0v) is 18.5. The van der Waals surface area contributed by atoms with E-state index in [-0.39, 0.29) is 23.7 Å². The number of Topliss-reactive ketones (excluding diaryl/α,β-unsaturated/α-hetero) is 1. The molecular weight excluding hydrogens is 433 g/mol. The number of aliphatic hydroxyl groups excluding tert-OH is 1. The van der Waals surface area contributed by atoms with Crippen LogP contribution in [0.1, 0.15) is 28.3 Å². The molecule has 2 aromatic heterocycles. The molecule has 0 aliphatic carbocycles. The highest BCUT2D eigenvalue weighted by Crippen LogP contribution is 2.39. The first-order valence-electron chi connectivity index (χ1n) is 10.9. The number of carbonyl (C=O) groups excluding carboxylic acids is 2. The van der Waals surface area contributed by atoms with Crippen LogP contribution in [0.15, 0.2) is 78.8 Å². The van der Waals surface area contributed by atoms with E-state index in [0.29, 0.717) is 17.5 Å². The van der Waals surface area contributed by atoms with Crippen LogP contribution in [0, 0.1) is 12.7 Å². The highest BCUT2D eigenvalue weighted by Gasteiger charge is 2.45. The number of halogens is 1. The van der Waals surface area contributed by atoms with Gasteiger partial charge in [0.15, 0.2) is 0 Å². The molecule has 3 heterocycles. The van der Waals surface area contributed by atoms with Gasteiger partial charge in [-0.3, -0.25) is 14.6 Å². The van der Waals surface area contributed by atoms with Crippen molar-refractivity contribution in [2.45, 2.75) is 19.4 Å². The molecule has 1 amide bonds. The van der Waals surface area contributed by atoms with Crippen LogP contribution in [0.4, 0.5) is 4.39 Å². The van der Waals surface area contributed by atoms with E-state index in [9.17, 15) is 19.1 Å².